The zero-order chi connectivity index (χ0) is 14.7. The number of rotatable bonds is 5. The van der Waals surface area contributed by atoms with Crippen LogP contribution in [-0.2, 0) is 6.54 Å². The molecule has 2 aromatic rings. The molecule has 1 heterocycles. The van der Waals surface area contributed by atoms with Crippen LogP contribution in [0.5, 0.6) is 11.5 Å². The van der Waals surface area contributed by atoms with Crippen LogP contribution >= 0.6 is 15.9 Å². The third-order valence-corrected chi connectivity index (χ3v) is 3.82. The highest BCUT2D eigenvalue weighted by atomic mass is 79.9. The van der Waals surface area contributed by atoms with Crippen molar-refractivity contribution in [3.63, 3.8) is 0 Å². The van der Waals surface area contributed by atoms with Crippen molar-refractivity contribution >= 4 is 15.9 Å². The van der Waals surface area contributed by atoms with Crippen LogP contribution in [-0.4, -0.2) is 28.9 Å². The Balaban J connectivity index is 2.46. The van der Waals surface area contributed by atoms with Gasteiger partial charge in [0.2, 0.25) is 0 Å². The van der Waals surface area contributed by atoms with E-state index in [-0.39, 0.29) is 0 Å². The molecule has 1 aromatic heterocycles. The van der Waals surface area contributed by atoms with E-state index in [0.717, 1.165) is 11.0 Å². The molecule has 1 aromatic carbocycles. The lowest BCUT2D eigenvalue weighted by molar-refractivity contribution is 0.203. The first kappa shape index (κ1) is 14.9. The van der Waals surface area contributed by atoms with Gasteiger partial charge in [-0.1, -0.05) is 15.9 Å². The molecule has 0 radical (unpaired) electrons. The highest BCUT2D eigenvalue weighted by molar-refractivity contribution is 9.10. The molecule has 1 N–H and O–H groups in total. The monoisotopic (exact) mass is 340 g/mol. The zero-order valence-electron chi connectivity index (χ0n) is 11.6. The van der Waals surface area contributed by atoms with Gasteiger partial charge in [-0.05, 0) is 19.1 Å². The maximum atomic E-state index is 10.5. The van der Waals surface area contributed by atoms with Gasteiger partial charge in [-0.25, -0.2) is 4.98 Å². The number of halogens is 1. The van der Waals surface area contributed by atoms with E-state index < -0.39 is 6.10 Å². The first-order valence-electron chi connectivity index (χ1n) is 6.22. The fourth-order valence-corrected chi connectivity index (χ4v) is 2.59. The first-order valence-corrected chi connectivity index (χ1v) is 7.02. The number of ether oxygens (including phenoxy) is 2. The van der Waals surface area contributed by atoms with Crippen LogP contribution in [0.2, 0.25) is 0 Å². The van der Waals surface area contributed by atoms with Crippen molar-refractivity contribution < 1.29 is 14.6 Å². The molecule has 0 saturated carbocycles. The van der Waals surface area contributed by atoms with Crippen LogP contribution < -0.4 is 9.47 Å². The predicted molar refractivity (Wildman–Crippen MR) is 79.2 cm³/mol. The Morgan fingerprint density at radius 2 is 1.95 bits per heavy atom. The Morgan fingerprint density at radius 3 is 2.55 bits per heavy atom. The van der Waals surface area contributed by atoms with Crippen molar-refractivity contribution in [2.75, 3.05) is 14.2 Å². The van der Waals surface area contributed by atoms with Crippen molar-refractivity contribution in [3.8, 4) is 11.5 Å². The predicted octanol–water partition coefficient (Wildman–Crippen LogP) is 2.76. The van der Waals surface area contributed by atoms with Gasteiger partial charge in [0.1, 0.15) is 11.9 Å². The minimum absolute atomic E-state index is 0.569. The average Bonchev–Trinajstić information content (AvgIpc) is 2.94. The fraction of sp³-hybridized carbons (Fsp3) is 0.357. The smallest absolute Gasteiger partial charge is 0.161 e. The Kier molecular flexibility index (Phi) is 4.67. The molecular formula is C14H17BrN2O3. The van der Waals surface area contributed by atoms with Crippen LogP contribution in [0.25, 0.3) is 0 Å². The molecule has 0 fully saturated rings. The summed E-state index contributed by atoms with van der Waals surface area (Å²) in [6, 6.07) is 3.53. The molecule has 1 atom stereocenters. The SMILES string of the molecule is CCn1ccnc1C(O)c1cc(OC)c(OC)cc1Br. The molecule has 0 aliphatic carbocycles. The molecule has 0 aliphatic rings. The lowest BCUT2D eigenvalue weighted by Gasteiger charge is -2.17. The molecule has 108 valence electrons. The fourth-order valence-electron chi connectivity index (χ4n) is 2.05. The summed E-state index contributed by atoms with van der Waals surface area (Å²) in [5.74, 6) is 1.77. The highest BCUT2D eigenvalue weighted by Gasteiger charge is 2.21. The summed E-state index contributed by atoms with van der Waals surface area (Å²) in [6.07, 6.45) is 2.68. The van der Waals surface area contributed by atoms with Gasteiger partial charge < -0.3 is 19.1 Å². The van der Waals surface area contributed by atoms with Gasteiger partial charge in [-0.3, -0.25) is 0 Å². The standard InChI is InChI=1S/C14H17BrN2O3/c1-4-17-6-5-16-14(17)13(18)9-7-11(19-2)12(20-3)8-10(9)15/h5-8,13,18H,4H2,1-3H3. The summed E-state index contributed by atoms with van der Waals surface area (Å²) in [6.45, 7) is 2.75. The average molecular weight is 341 g/mol. The van der Waals surface area contributed by atoms with E-state index in [1.54, 1.807) is 32.5 Å². The number of hydrogen-bond donors (Lipinski definition) is 1. The molecule has 1 unspecified atom stereocenters. The highest BCUT2D eigenvalue weighted by Crippen LogP contribution is 2.37. The van der Waals surface area contributed by atoms with E-state index in [1.807, 2.05) is 17.7 Å². The molecule has 5 nitrogen and oxygen atoms in total. The second-order valence-electron chi connectivity index (χ2n) is 4.20. The van der Waals surface area contributed by atoms with Crippen molar-refractivity contribution in [3.05, 3.63) is 40.4 Å². The van der Waals surface area contributed by atoms with Crippen molar-refractivity contribution in [2.45, 2.75) is 19.6 Å². The van der Waals surface area contributed by atoms with Crippen molar-refractivity contribution in [1.82, 2.24) is 9.55 Å². The Bertz CT molecular complexity index is 598. The number of benzene rings is 1. The number of methoxy groups -OCH3 is 2. The lowest BCUT2D eigenvalue weighted by atomic mass is 10.1. The third kappa shape index (κ3) is 2.66. The number of aromatic nitrogens is 2. The van der Waals surface area contributed by atoms with Crippen LogP contribution in [0.3, 0.4) is 0 Å². The Labute approximate surface area is 126 Å². The second kappa shape index (κ2) is 6.28. The van der Waals surface area contributed by atoms with E-state index >= 15 is 0 Å². The van der Waals surface area contributed by atoms with Crippen LogP contribution in [0.1, 0.15) is 24.4 Å². The largest absolute Gasteiger partial charge is 0.493 e. The van der Waals surface area contributed by atoms with Gasteiger partial charge in [-0.2, -0.15) is 0 Å². The Hall–Kier alpha value is -1.53. The van der Waals surface area contributed by atoms with E-state index in [0.29, 0.717) is 22.9 Å². The minimum Gasteiger partial charge on any atom is -0.493 e. The number of nitrogens with zero attached hydrogens (tertiary/aromatic N) is 2. The van der Waals surface area contributed by atoms with Gasteiger partial charge in [0.15, 0.2) is 11.5 Å². The van der Waals surface area contributed by atoms with Crippen LogP contribution in [0.15, 0.2) is 29.0 Å². The number of imidazole rings is 1. The lowest BCUT2D eigenvalue weighted by Crippen LogP contribution is -2.10. The molecule has 0 saturated heterocycles. The minimum atomic E-state index is -0.834. The first-order chi connectivity index (χ1) is 9.62. The van der Waals surface area contributed by atoms with Crippen molar-refractivity contribution in [1.29, 1.82) is 0 Å². The summed E-state index contributed by atoms with van der Waals surface area (Å²) in [5.41, 5.74) is 0.684. The van der Waals surface area contributed by atoms with Crippen LogP contribution in [0.4, 0.5) is 0 Å². The molecule has 20 heavy (non-hydrogen) atoms. The van der Waals surface area contributed by atoms with Gasteiger partial charge in [-0.15, -0.1) is 0 Å². The van der Waals surface area contributed by atoms with Gasteiger partial charge >= 0.3 is 0 Å². The maximum Gasteiger partial charge on any atom is 0.161 e. The number of aliphatic hydroxyl groups is 1. The van der Waals surface area contributed by atoms with E-state index in [4.69, 9.17) is 9.47 Å². The van der Waals surface area contributed by atoms with Gasteiger partial charge in [0.25, 0.3) is 0 Å². The molecular weight excluding hydrogens is 324 g/mol. The summed E-state index contributed by atoms with van der Waals surface area (Å²) < 4.78 is 13.1. The zero-order valence-corrected chi connectivity index (χ0v) is 13.2. The number of aliphatic hydroxyl groups excluding tert-OH is 1. The topological polar surface area (TPSA) is 56.5 Å². The molecule has 0 bridgehead atoms. The molecule has 2 rings (SSSR count). The third-order valence-electron chi connectivity index (χ3n) is 3.13. The van der Waals surface area contributed by atoms with E-state index in [9.17, 15) is 5.11 Å². The maximum absolute atomic E-state index is 10.5. The van der Waals surface area contributed by atoms with Gasteiger partial charge in [0.05, 0.1) is 14.2 Å². The second-order valence-corrected chi connectivity index (χ2v) is 5.06. The molecule has 6 heteroatoms. The summed E-state index contributed by atoms with van der Waals surface area (Å²) >= 11 is 3.45. The summed E-state index contributed by atoms with van der Waals surface area (Å²) in [5, 5.41) is 10.5. The van der Waals surface area contributed by atoms with Crippen LogP contribution in [0, 0.1) is 0 Å². The summed E-state index contributed by atoms with van der Waals surface area (Å²) in [4.78, 5) is 4.22. The number of aryl methyl sites for hydroxylation is 1. The molecule has 0 spiro atoms. The summed E-state index contributed by atoms with van der Waals surface area (Å²) in [7, 11) is 3.14. The van der Waals surface area contributed by atoms with E-state index in [1.165, 1.54) is 0 Å². The van der Waals surface area contributed by atoms with Gasteiger partial charge in [0, 0.05) is 29.0 Å². The van der Waals surface area contributed by atoms with E-state index in [2.05, 4.69) is 20.9 Å². The van der Waals surface area contributed by atoms with Crippen molar-refractivity contribution in [2.24, 2.45) is 0 Å². The quantitative estimate of drug-likeness (QED) is 0.909. The molecule has 0 amide bonds. The normalized spacial score (nSPS) is 12.2. The Morgan fingerprint density at radius 1 is 1.30 bits per heavy atom. The number of hydrogen-bond acceptors (Lipinski definition) is 4. The molecule has 0 aliphatic heterocycles.